The number of rotatable bonds is 2. The summed E-state index contributed by atoms with van der Waals surface area (Å²) in [5.41, 5.74) is 1.59. The molecule has 3 aromatic rings. The van der Waals surface area contributed by atoms with Gasteiger partial charge in [-0.05, 0) is 28.1 Å². The molecule has 0 spiro atoms. The van der Waals surface area contributed by atoms with Gasteiger partial charge in [-0.1, -0.05) is 47.6 Å². The van der Waals surface area contributed by atoms with Gasteiger partial charge in [-0.3, -0.25) is 0 Å². The summed E-state index contributed by atoms with van der Waals surface area (Å²) in [4.78, 5) is 8.89. The van der Waals surface area contributed by atoms with Crippen molar-refractivity contribution in [2.75, 3.05) is 0 Å². The maximum atomic E-state index is 5.97. The van der Waals surface area contributed by atoms with Gasteiger partial charge in [0.25, 0.3) is 0 Å². The summed E-state index contributed by atoms with van der Waals surface area (Å²) in [5.74, 6) is 2.87. The van der Waals surface area contributed by atoms with Crippen LogP contribution in [0.3, 0.4) is 0 Å². The molecule has 5 heteroatoms. The van der Waals surface area contributed by atoms with Crippen molar-refractivity contribution < 1.29 is 8.83 Å². The van der Waals surface area contributed by atoms with E-state index in [0.29, 0.717) is 11.8 Å². The third kappa shape index (κ3) is 3.56. The number of halogens is 1. The van der Waals surface area contributed by atoms with Crippen molar-refractivity contribution in [2.45, 2.75) is 52.4 Å². The number of benzene rings is 1. The van der Waals surface area contributed by atoms with Crippen LogP contribution in [0.1, 0.15) is 53.1 Å². The van der Waals surface area contributed by atoms with Gasteiger partial charge in [-0.25, -0.2) is 9.97 Å². The van der Waals surface area contributed by atoms with E-state index in [0.717, 1.165) is 27.1 Å². The molecular weight excluding hydrogens is 380 g/mol. The summed E-state index contributed by atoms with van der Waals surface area (Å²) >= 11 is 3.67. The van der Waals surface area contributed by atoms with Gasteiger partial charge in [-0.2, -0.15) is 0 Å². The molecule has 0 saturated carbocycles. The van der Waals surface area contributed by atoms with Crippen molar-refractivity contribution in [1.82, 2.24) is 9.97 Å². The van der Waals surface area contributed by atoms with Crippen LogP contribution in [0.5, 0.6) is 0 Å². The largest absolute Gasteiger partial charge is 0.441 e. The Morgan fingerprint density at radius 2 is 1.16 bits per heavy atom. The molecule has 3 rings (SSSR count). The monoisotopic (exact) mass is 402 g/mol. The van der Waals surface area contributed by atoms with E-state index in [9.17, 15) is 0 Å². The van der Waals surface area contributed by atoms with Gasteiger partial charge >= 0.3 is 0 Å². The maximum absolute atomic E-state index is 5.97. The average Bonchev–Trinajstić information content (AvgIpc) is 3.16. The van der Waals surface area contributed by atoms with Crippen LogP contribution in [0, 0.1) is 0 Å². The fourth-order valence-electron chi connectivity index (χ4n) is 2.35. The van der Waals surface area contributed by atoms with Crippen LogP contribution in [0.15, 0.2) is 43.9 Å². The van der Waals surface area contributed by atoms with Gasteiger partial charge < -0.3 is 8.83 Å². The van der Waals surface area contributed by atoms with E-state index in [-0.39, 0.29) is 10.8 Å². The zero-order valence-electron chi connectivity index (χ0n) is 15.5. The van der Waals surface area contributed by atoms with Gasteiger partial charge in [0, 0.05) is 15.3 Å². The van der Waals surface area contributed by atoms with Crippen LogP contribution < -0.4 is 0 Å². The fourth-order valence-corrected chi connectivity index (χ4v) is 2.96. The van der Waals surface area contributed by atoms with Crippen LogP contribution in [0.4, 0.5) is 0 Å². The highest BCUT2D eigenvalue weighted by Crippen LogP contribution is 2.38. The lowest BCUT2D eigenvalue weighted by molar-refractivity contribution is 0.414. The highest BCUT2D eigenvalue weighted by Gasteiger charge is 2.23. The minimum atomic E-state index is -0.0838. The second kappa shape index (κ2) is 6.13. The van der Waals surface area contributed by atoms with Crippen LogP contribution in [-0.4, -0.2) is 9.97 Å². The normalized spacial score (nSPS) is 12.6. The summed E-state index contributed by atoms with van der Waals surface area (Å²) < 4.78 is 12.8. The Balaban J connectivity index is 2.04. The number of aromatic nitrogens is 2. The molecule has 0 aliphatic rings. The zero-order chi connectivity index (χ0) is 18.4. The summed E-state index contributed by atoms with van der Waals surface area (Å²) in [6.07, 6.45) is 3.58. The zero-order valence-corrected chi connectivity index (χ0v) is 17.1. The van der Waals surface area contributed by atoms with E-state index in [1.54, 1.807) is 12.4 Å². The van der Waals surface area contributed by atoms with Gasteiger partial charge in [0.1, 0.15) is 11.5 Å². The minimum Gasteiger partial charge on any atom is -0.441 e. The lowest BCUT2D eigenvalue weighted by Gasteiger charge is -2.13. The topological polar surface area (TPSA) is 52.1 Å². The van der Waals surface area contributed by atoms with Crippen molar-refractivity contribution in [1.29, 1.82) is 0 Å². The van der Waals surface area contributed by atoms with Crippen molar-refractivity contribution in [3.05, 3.63) is 46.6 Å². The summed E-state index contributed by atoms with van der Waals surface area (Å²) in [6.45, 7) is 12.6. The molecule has 0 amide bonds. The first-order valence-electron chi connectivity index (χ1n) is 8.29. The molecule has 0 saturated heterocycles. The van der Waals surface area contributed by atoms with Crippen LogP contribution >= 0.6 is 15.9 Å². The van der Waals surface area contributed by atoms with E-state index in [2.05, 4.69) is 67.4 Å². The molecule has 0 radical (unpaired) electrons. The Bertz CT molecular complexity index is 825. The number of nitrogens with zero attached hydrogens (tertiary/aromatic N) is 2. The fraction of sp³-hybridized carbons (Fsp3) is 0.400. The molecule has 1 aromatic carbocycles. The van der Waals surface area contributed by atoms with Gasteiger partial charge in [-0.15, -0.1) is 0 Å². The lowest BCUT2D eigenvalue weighted by Crippen LogP contribution is -2.09. The summed E-state index contributed by atoms with van der Waals surface area (Å²) in [7, 11) is 0. The Kier molecular flexibility index (Phi) is 4.40. The first-order chi connectivity index (χ1) is 11.6. The Hall–Kier alpha value is -1.88. The molecule has 0 bridgehead atoms. The van der Waals surface area contributed by atoms with E-state index < -0.39 is 0 Å². The molecule has 0 fully saturated rings. The predicted molar refractivity (Wildman–Crippen MR) is 103 cm³/mol. The summed E-state index contributed by atoms with van der Waals surface area (Å²) in [5, 5.41) is 0. The second-order valence-electron chi connectivity index (χ2n) is 8.23. The molecular formula is C20H23BrN2O2. The third-order valence-electron chi connectivity index (χ3n) is 3.95. The molecule has 0 atom stereocenters. The summed E-state index contributed by atoms with van der Waals surface area (Å²) in [6, 6.07) is 5.90. The highest BCUT2D eigenvalue weighted by molar-refractivity contribution is 9.10. The number of hydrogen-bond acceptors (Lipinski definition) is 4. The van der Waals surface area contributed by atoms with Gasteiger partial charge in [0.05, 0.1) is 23.5 Å². The average molecular weight is 403 g/mol. The van der Waals surface area contributed by atoms with E-state index in [4.69, 9.17) is 8.83 Å². The molecule has 0 aliphatic heterocycles. The third-order valence-corrected chi connectivity index (χ3v) is 4.80. The van der Waals surface area contributed by atoms with E-state index >= 15 is 0 Å². The van der Waals surface area contributed by atoms with Gasteiger partial charge in [0.2, 0.25) is 11.8 Å². The predicted octanol–water partition coefficient (Wildman–Crippen LogP) is 6.35. The molecule has 2 aromatic heterocycles. The van der Waals surface area contributed by atoms with Crippen LogP contribution in [0.2, 0.25) is 0 Å². The smallest absolute Gasteiger partial charge is 0.227 e. The Labute approximate surface area is 156 Å². The second-order valence-corrected chi connectivity index (χ2v) is 9.02. The van der Waals surface area contributed by atoms with Crippen molar-refractivity contribution in [3.8, 4) is 22.9 Å². The maximum Gasteiger partial charge on any atom is 0.227 e. The Morgan fingerprint density at radius 3 is 1.48 bits per heavy atom. The molecule has 25 heavy (non-hydrogen) atoms. The first-order valence-corrected chi connectivity index (χ1v) is 9.08. The quantitative estimate of drug-likeness (QED) is 0.500. The van der Waals surface area contributed by atoms with Crippen molar-refractivity contribution in [2.24, 2.45) is 0 Å². The number of oxazole rings is 2. The highest BCUT2D eigenvalue weighted by atomic mass is 79.9. The molecule has 0 unspecified atom stereocenters. The van der Waals surface area contributed by atoms with Gasteiger partial charge in [0.15, 0.2) is 0 Å². The Morgan fingerprint density at radius 1 is 0.760 bits per heavy atom. The molecule has 2 heterocycles. The van der Waals surface area contributed by atoms with Crippen LogP contribution in [0.25, 0.3) is 22.9 Å². The first kappa shape index (κ1) is 17.9. The van der Waals surface area contributed by atoms with E-state index in [1.165, 1.54) is 0 Å². The van der Waals surface area contributed by atoms with Crippen LogP contribution in [-0.2, 0) is 10.8 Å². The minimum absolute atomic E-state index is 0.0838. The van der Waals surface area contributed by atoms with E-state index in [1.807, 2.05) is 18.2 Å². The molecule has 4 nitrogen and oxygen atoms in total. The molecule has 0 aliphatic carbocycles. The SMILES string of the molecule is CC(C)(C)c1cnc(-c2cccc(-c3ncc(C(C)(C)C)o3)c2Br)o1. The molecule has 132 valence electrons. The molecule has 0 N–H and O–H groups in total. The number of hydrogen-bond donors (Lipinski definition) is 0. The lowest BCUT2D eigenvalue weighted by atomic mass is 9.94. The standard InChI is InChI=1S/C20H23BrN2O2/c1-19(2,3)14-10-22-17(24-14)12-8-7-9-13(16(12)21)18-23-11-15(25-18)20(4,5)6/h7-11H,1-6H3. The van der Waals surface area contributed by atoms with Crippen molar-refractivity contribution in [3.63, 3.8) is 0 Å². The van der Waals surface area contributed by atoms with Crippen molar-refractivity contribution >= 4 is 15.9 Å².